The molecule has 1 amide bonds. The summed E-state index contributed by atoms with van der Waals surface area (Å²) in [7, 11) is 0. The molecule has 0 unspecified atom stereocenters. The van der Waals surface area contributed by atoms with Gasteiger partial charge in [-0.25, -0.2) is 4.98 Å². The molecular formula is C11H24N4O. The molecule has 5 nitrogen and oxygen atoms in total. The van der Waals surface area contributed by atoms with Gasteiger partial charge < -0.3 is 16.0 Å². The van der Waals surface area contributed by atoms with E-state index < -0.39 is 0 Å². The molecule has 0 bridgehead atoms. The number of aromatic nitrogens is 2. The zero-order valence-corrected chi connectivity index (χ0v) is 10.7. The summed E-state index contributed by atoms with van der Waals surface area (Å²) < 4.78 is 0. The number of imidazole rings is 1. The van der Waals surface area contributed by atoms with E-state index in [1.54, 1.807) is 12.5 Å². The van der Waals surface area contributed by atoms with E-state index in [9.17, 15) is 4.79 Å². The summed E-state index contributed by atoms with van der Waals surface area (Å²) in [5, 5.41) is 2.63. The molecule has 0 fully saturated rings. The van der Waals surface area contributed by atoms with Crippen LogP contribution in [0.5, 0.6) is 0 Å². The van der Waals surface area contributed by atoms with Crippen molar-refractivity contribution in [3.05, 3.63) is 18.2 Å². The lowest BCUT2D eigenvalue weighted by atomic mass is 10.4. The van der Waals surface area contributed by atoms with Gasteiger partial charge in [0.2, 0.25) is 5.91 Å². The number of carbonyl (C=O) groups is 1. The van der Waals surface area contributed by atoms with Crippen molar-refractivity contribution in [1.29, 1.82) is 0 Å². The van der Waals surface area contributed by atoms with Crippen molar-refractivity contribution in [3.8, 4) is 0 Å². The molecule has 0 aliphatic carbocycles. The first-order valence-electron chi connectivity index (χ1n) is 5.62. The molecule has 1 heterocycles. The Hall–Kier alpha value is -1.36. The predicted molar refractivity (Wildman–Crippen MR) is 67.0 cm³/mol. The second-order valence-electron chi connectivity index (χ2n) is 2.73. The van der Waals surface area contributed by atoms with Crippen molar-refractivity contribution in [2.75, 3.05) is 13.1 Å². The van der Waals surface area contributed by atoms with Gasteiger partial charge >= 0.3 is 0 Å². The normalized spacial score (nSPS) is 8.06. The lowest BCUT2D eigenvalue weighted by molar-refractivity contribution is -0.120. The van der Waals surface area contributed by atoms with Gasteiger partial charge in [0.15, 0.2) is 0 Å². The first-order valence-corrected chi connectivity index (χ1v) is 5.62. The average Bonchev–Trinajstić information content (AvgIpc) is 2.74. The molecule has 0 aliphatic heterocycles. The number of hydrogen-bond acceptors (Lipinski definition) is 3. The summed E-state index contributed by atoms with van der Waals surface area (Å²) in [6, 6.07) is 0. The highest BCUT2D eigenvalue weighted by molar-refractivity contribution is 5.75. The van der Waals surface area contributed by atoms with E-state index in [2.05, 4.69) is 15.3 Å². The van der Waals surface area contributed by atoms with E-state index in [1.807, 2.05) is 27.7 Å². The SMILES string of the molecule is CC.CCNC(=O)CCN.Cc1cnc[nH]1. The smallest absolute Gasteiger partial charge is 0.221 e. The van der Waals surface area contributed by atoms with Crippen molar-refractivity contribution in [3.63, 3.8) is 0 Å². The molecule has 4 N–H and O–H groups in total. The molecule has 1 aromatic heterocycles. The fourth-order valence-corrected chi connectivity index (χ4v) is 0.742. The average molecular weight is 228 g/mol. The van der Waals surface area contributed by atoms with E-state index in [0.29, 0.717) is 19.5 Å². The van der Waals surface area contributed by atoms with Crippen molar-refractivity contribution in [1.82, 2.24) is 15.3 Å². The molecule has 0 spiro atoms. The van der Waals surface area contributed by atoms with Crippen LogP contribution in [0.15, 0.2) is 12.5 Å². The van der Waals surface area contributed by atoms with Crippen molar-refractivity contribution in [2.24, 2.45) is 5.73 Å². The molecule has 0 saturated heterocycles. The summed E-state index contributed by atoms with van der Waals surface area (Å²) in [6.45, 7) is 8.98. The van der Waals surface area contributed by atoms with Gasteiger partial charge in [-0.05, 0) is 13.8 Å². The molecule has 16 heavy (non-hydrogen) atoms. The van der Waals surface area contributed by atoms with E-state index in [4.69, 9.17) is 5.73 Å². The van der Waals surface area contributed by atoms with Gasteiger partial charge in [0.1, 0.15) is 0 Å². The summed E-state index contributed by atoms with van der Waals surface area (Å²) in [5.41, 5.74) is 6.21. The number of nitrogens with zero attached hydrogens (tertiary/aromatic N) is 1. The van der Waals surface area contributed by atoms with Crippen LogP contribution >= 0.6 is 0 Å². The zero-order chi connectivity index (χ0) is 12.8. The number of rotatable bonds is 3. The molecule has 0 aliphatic rings. The van der Waals surface area contributed by atoms with Crippen molar-refractivity contribution >= 4 is 5.91 Å². The first kappa shape index (κ1) is 17.0. The third-order valence-corrected chi connectivity index (χ3v) is 1.38. The number of amides is 1. The molecule has 0 saturated carbocycles. The molecule has 94 valence electrons. The topological polar surface area (TPSA) is 83.8 Å². The molecule has 5 heteroatoms. The van der Waals surface area contributed by atoms with Crippen LogP contribution in [0.2, 0.25) is 0 Å². The number of aryl methyl sites for hydroxylation is 1. The minimum atomic E-state index is 0.0370. The number of nitrogens with two attached hydrogens (primary N) is 1. The minimum Gasteiger partial charge on any atom is -0.356 e. The third-order valence-electron chi connectivity index (χ3n) is 1.38. The molecule has 0 atom stereocenters. The van der Waals surface area contributed by atoms with E-state index in [0.717, 1.165) is 5.69 Å². The Morgan fingerprint density at radius 2 is 2.19 bits per heavy atom. The molecule has 0 aromatic carbocycles. The lowest BCUT2D eigenvalue weighted by Crippen LogP contribution is -2.24. The summed E-state index contributed by atoms with van der Waals surface area (Å²) in [4.78, 5) is 17.1. The fraction of sp³-hybridized carbons (Fsp3) is 0.636. The van der Waals surface area contributed by atoms with Gasteiger partial charge in [-0.2, -0.15) is 0 Å². The number of H-pyrrole nitrogens is 1. The van der Waals surface area contributed by atoms with E-state index >= 15 is 0 Å². The Balaban J connectivity index is 0. The predicted octanol–water partition coefficient (Wildman–Crippen LogP) is 1.22. The van der Waals surface area contributed by atoms with Crippen LogP contribution in [0.25, 0.3) is 0 Å². The maximum atomic E-state index is 10.5. The Labute approximate surface area is 97.8 Å². The number of nitrogens with one attached hydrogen (secondary N) is 2. The van der Waals surface area contributed by atoms with Crippen LogP contribution in [0.4, 0.5) is 0 Å². The number of hydrogen-bond donors (Lipinski definition) is 3. The largest absolute Gasteiger partial charge is 0.356 e. The third kappa shape index (κ3) is 12.6. The Bertz CT molecular complexity index is 226. The van der Waals surface area contributed by atoms with Gasteiger partial charge in [0.05, 0.1) is 6.33 Å². The quantitative estimate of drug-likeness (QED) is 0.727. The fourth-order valence-electron chi connectivity index (χ4n) is 0.742. The van der Waals surface area contributed by atoms with Crippen molar-refractivity contribution in [2.45, 2.75) is 34.1 Å². The Morgan fingerprint density at radius 1 is 1.56 bits per heavy atom. The molecule has 1 aromatic rings. The minimum absolute atomic E-state index is 0.0370. The molecule has 1 rings (SSSR count). The van der Waals surface area contributed by atoms with Crippen LogP contribution in [-0.4, -0.2) is 29.0 Å². The second-order valence-corrected chi connectivity index (χ2v) is 2.73. The van der Waals surface area contributed by atoms with E-state index in [1.165, 1.54) is 0 Å². The van der Waals surface area contributed by atoms with Gasteiger partial charge in [-0.15, -0.1) is 0 Å². The number of aromatic amines is 1. The number of carbonyl (C=O) groups excluding carboxylic acids is 1. The standard InChI is InChI=1S/C5H12N2O.C4H6N2.C2H6/c1-2-7-5(8)3-4-6;1-4-2-5-3-6-4;1-2/h2-4,6H2,1H3,(H,7,8);2-3H,1H3,(H,5,6);1-2H3. The first-order chi connectivity index (χ1) is 7.70. The monoisotopic (exact) mass is 228 g/mol. The summed E-state index contributed by atoms with van der Waals surface area (Å²) >= 11 is 0. The second kappa shape index (κ2) is 13.6. The maximum Gasteiger partial charge on any atom is 0.221 e. The highest BCUT2D eigenvalue weighted by Gasteiger charge is 1.92. The summed E-state index contributed by atoms with van der Waals surface area (Å²) in [6.07, 6.45) is 3.88. The van der Waals surface area contributed by atoms with Crippen molar-refractivity contribution < 1.29 is 4.79 Å². The highest BCUT2D eigenvalue weighted by atomic mass is 16.1. The van der Waals surface area contributed by atoms with Gasteiger partial charge in [0, 0.05) is 31.4 Å². The van der Waals surface area contributed by atoms with Crippen LogP contribution < -0.4 is 11.1 Å². The Morgan fingerprint density at radius 3 is 2.44 bits per heavy atom. The summed E-state index contributed by atoms with van der Waals surface area (Å²) in [5.74, 6) is 0.0370. The molecular weight excluding hydrogens is 204 g/mol. The van der Waals surface area contributed by atoms with E-state index in [-0.39, 0.29) is 5.91 Å². The van der Waals surface area contributed by atoms with Crippen LogP contribution in [0.3, 0.4) is 0 Å². The lowest BCUT2D eigenvalue weighted by Gasteiger charge is -1.96. The highest BCUT2D eigenvalue weighted by Crippen LogP contribution is 1.81. The van der Waals surface area contributed by atoms with Crippen LogP contribution in [-0.2, 0) is 4.79 Å². The zero-order valence-electron chi connectivity index (χ0n) is 10.7. The van der Waals surface area contributed by atoms with Crippen LogP contribution in [0, 0.1) is 6.92 Å². The van der Waals surface area contributed by atoms with Gasteiger partial charge in [-0.3, -0.25) is 4.79 Å². The van der Waals surface area contributed by atoms with Gasteiger partial charge in [0.25, 0.3) is 0 Å². The maximum absolute atomic E-state index is 10.5. The van der Waals surface area contributed by atoms with Gasteiger partial charge in [-0.1, -0.05) is 13.8 Å². The van der Waals surface area contributed by atoms with Crippen LogP contribution in [0.1, 0.15) is 32.9 Å². The Kier molecular flexibility index (Phi) is 14.5. The molecule has 0 radical (unpaired) electrons.